The number of hydrogen-bond acceptors (Lipinski definition) is 5. The quantitative estimate of drug-likeness (QED) is 0.845. The number of aromatic nitrogens is 2. The van der Waals surface area contributed by atoms with Gasteiger partial charge in [-0.3, -0.25) is 14.0 Å². The van der Waals surface area contributed by atoms with Gasteiger partial charge in [0.1, 0.15) is 5.56 Å². The van der Waals surface area contributed by atoms with Crippen LogP contribution < -0.4 is 10.9 Å². The summed E-state index contributed by atoms with van der Waals surface area (Å²) in [5.41, 5.74) is 0.631. The Morgan fingerprint density at radius 3 is 2.91 bits per heavy atom. The lowest BCUT2D eigenvalue weighted by Gasteiger charge is -2.26. The molecule has 3 rings (SSSR count). The minimum absolute atomic E-state index is 0.113. The zero-order valence-electron chi connectivity index (χ0n) is 13.4. The van der Waals surface area contributed by atoms with Crippen molar-refractivity contribution < 1.29 is 4.79 Å². The van der Waals surface area contributed by atoms with Crippen LogP contribution in [0.3, 0.4) is 0 Å². The maximum Gasteiger partial charge on any atom is 0.271 e. The van der Waals surface area contributed by atoms with Crippen LogP contribution in [-0.4, -0.2) is 46.4 Å². The van der Waals surface area contributed by atoms with E-state index in [0.29, 0.717) is 11.5 Å². The van der Waals surface area contributed by atoms with E-state index < -0.39 is 0 Å². The van der Waals surface area contributed by atoms with E-state index in [-0.39, 0.29) is 17.0 Å². The fourth-order valence-electron chi connectivity index (χ4n) is 2.96. The van der Waals surface area contributed by atoms with Crippen LogP contribution in [0.5, 0.6) is 0 Å². The average Bonchev–Trinajstić information content (AvgIpc) is 2.95. The van der Waals surface area contributed by atoms with Crippen molar-refractivity contribution in [2.75, 3.05) is 26.2 Å². The molecule has 3 heterocycles. The van der Waals surface area contributed by atoms with Crippen molar-refractivity contribution in [3.8, 4) is 0 Å². The molecule has 1 saturated heterocycles. The van der Waals surface area contributed by atoms with E-state index in [9.17, 15) is 9.59 Å². The Labute approximate surface area is 139 Å². The van der Waals surface area contributed by atoms with Gasteiger partial charge in [0.15, 0.2) is 4.96 Å². The summed E-state index contributed by atoms with van der Waals surface area (Å²) >= 11 is 1.40. The monoisotopic (exact) mass is 334 g/mol. The van der Waals surface area contributed by atoms with Crippen molar-refractivity contribution in [1.29, 1.82) is 0 Å². The smallest absolute Gasteiger partial charge is 0.271 e. The van der Waals surface area contributed by atoms with Crippen LogP contribution in [-0.2, 0) is 0 Å². The maximum atomic E-state index is 12.4. The number of hydrogen-bond donors (Lipinski definition) is 1. The molecule has 2 aromatic rings. The van der Waals surface area contributed by atoms with Gasteiger partial charge in [-0.25, -0.2) is 4.98 Å². The van der Waals surface area contributed by atoms with Crippen LogP contribution in [0.4, 0.5) is 0 Å². The van der Waals surface area contributed by atoms with Crippen molar-refractivity contribution in [3.05, 3.63) is 33.2 Å². The standard InChI is InChI=1S/C16H22N4O2S/c1-12-11-23-16-18-10-13(15(22)20(12)16)14(21)17-6-5-9-19-7-3-2-4-8-19/h10-11H,2-9H2,1H3,(H,17,21). The molecule has 1 N–H and O–H groups in total. The van der Waals surface area contributed by atoms with E-state index in [1.54, 1.807) is 0 Å². The summed E-state index contributed by atoms with van der Waals surface area (Å²) in [5, 5.41) is 4.71. The number of aryl methyl sites for hydroxylation is 1. The molecule has 0 spiro atoms. The third-order valence-corrected chi connectivity index (χ3v) is 5.20. The molecule has 1 fully saturated rings. The van der Waals surface area contributed by atoms with Crippen molar-refractivity contribution in [2.45, 2.75) is 32.6 Å². The number of amides is 1. The van der Waals surface area contributed by atoms with Gasteiger partial charge in [-0.15, -0.1) is 11.3 Å². The van der Waals surface area contributed by atoms with Crippen LogP contribution in [0.25, 0.3) is 4.96 Å². The van der Waals surface area contributed by atoms with Crippen LogP contribution in [0.1, 0.15) is 41.7 Å². The van der Waals surface area contributed by atoms with Gasteiger partial charge in [0.05, 0.1) is 0 Å². The molecule has 0 aromatic carbocycles. The SMILES string of the molecule is Cc1csc2ncc(C(=O)NCCCN3CCCCC3)c(=O)n12. The lowest BCUT2D eigenvalue weighted by molar-refractivity contribution is 0.0949. The number of carbonyl (C=O) groups excluding carboxylic acids is 1. The highest BCUT2D eigenvalue weighted by molar-refractivity contribution is 7.15. The van der Waals surface area contributed by atoms with Crippen LogP contribution in [0.15, 0.2) is 16.4 Å². The minimum Gasteiger partial charge on any atom is -0.352 e. The Hall–Kier alpha value is -1.73. The third kappa shape index (κ3) is 3.61. The average molecular weight is 334 g/mol. The van der Waals surface area contributed by atoms with Gasteiger partial charge in [0, 0.05) is 23.8 Å². The van der Waals surface area contributed by atoms with Crippen molar-refractivity contribution >= 4 is 22.2 Å². The van der Waals surface area contributed by atoms with E-state index in [2.05, 4.69) is 15.2 Å². The number of rotatable bonds is 5. The fraction of sp³-hybridized carbons (Fsp3) is 0.562. The molecule has 0 bridgehead atoms. The van der Waals surface area contributed by atoms with E-state index in [1.807, 2.05) is 12.3 Å². The fourth-order valence-corrected chi connectivity index (χ4v) is 3.79. The number of piperidine rings is 1. The van der Waals surface area contributed by atoms with Gasteiger partial charge in [-0.2, -0.15) is 0 Å². The number of carbonyl (C=O) groups is 1. The first-order valence-electron chi connectivity index (χ1n) is 8.13. The first-order valence-corrected chi connectivity index (χ1v) is 9.01. The summed E-state index contributed by atoms with van der Waals surface area (Å²) in [4.78, 5) is 31.9. The van der Waals surface area contributed by atoms with E-state index >= 15 is 0 Å². The molecule has 7 heteroatoms. The zero-order valence-corrected chi connectivity index (χ0v) is 14.2. The maximum absolute atomic E-state index is 12.4. The molecule has 23 heavy (non-hydrogen) atoms. The first-order chi connectivity index (χ1) is 11.2. The molecule has 0 saturated carbocycles. The summed E-state index contributed by atoms with van der Waals surface area (Å²) < 4.78 is 1.49. The minimum atomic E-state index is -0.332. The summed E-state index contributed by atoms with van der Waals surface area (Å²) in [7, 11) is 0. The molecular weight excluding hydrogens is 312 g/mol. The number of likely N-dealkylation sites (tertiary alicyclic amines) is 1. The van der Waals surface area contributed by atoms with E-state index in [4.69, 9.17) is 0 Å². The number of fused-ring (bicyclic) bond motifs is 1. The predicted octanol–water partition coefficient (Wildman–Crippen LogP) is 1.67. The van der Waals surface area contributed by atoms with Gasteiger partial charge in [0.25, 0.3) is 11.5 Å². The largest absolute Gasteiger partial charge is 0.352 e. The second-order valence-corrected chi connectivity index (χ2v) is 6.82. The van der Waals surface area contributed by atoms with Crippen LogP contribution in [0, 0.1) is 6.92 Å². The molecular formula is C16H22N4O2S. The topological polar surface area (TPSA) is 66.7 Å². The Balaban J connectivity index is 1.57. The van der Waals surface area contributed by atoms with Crippen molar-refractivity contribution in [3.63, 3.8) is 0 Å². The molecule has 0 aliphatic carbocycles. The number of nitrogens with one attached hydrogen (secondary N) is 1. The van der Waals surface area contributed by atoms with Gasteiger partial charge >= 0.3 is 0 Å². The van der Waals surface area contributed by atoms with Gasteiger partial charge in [0.2, 0.25) is 0 Å². The lowest BCUT2D eigenvalue weighted by atomic mass is 10.1. The normalized spacial score (nSPS) is 15.9. The molecule has 2 aromatic heterocycles. The highest BCUT2D eigenvalue weighted by atomic mass is 32.1. The van der Waals surface area contributed by atoms with Gasteiger partial charge < -0.3 is 10.2 Å². The van der Waals surface area contributed by atoms with Crippen molar-refractivity contribution in [2.24, 2.45) is 0 Å². The Kier molecular flexibility index (Phi) is 5.07. The second-order valence-electron chi connectivity index (χ2n) is 5.98. The van der Waals surface area contributed by atoms with Gasteiger partial charge in [-0.1, -0.05) is 6.42 Å². The highest BCUT2D eigenvalue weighted by Gasteiger charge is 2.15. The molecule has 6 nitrogen and oxygen atoms in total. The summed E-state index contributed by atoms with van der Waals surface area (Å²) in [6.45, 7) is 5.74. The molecule has 1 amide bonds. The number of nitrogens with zero attached hydrogens (tertiary/aromatic N) is 3. The summed E-state index contributed by atoms with van der Waals surface area (Å²) in [6.07, 6.45) is 6.16. The summed E-state index contributed by atoms with van der Waals surface area (Å²) in [6, 6.07) is 0. The molecule has 124 valence electrons. The van der Waals surface area contributed by atoms with E-state index in [0.717, 1.165) is 31.7 Å². The summed E-state index contributed by atoms with van der Waals surface area (Å²) in [5.74, 6) is -0.332. The van der Waals surface area contributed by atoms with E-state index in [1.165, 1.54) is 41.2 Å². The third-order valence-electron chi connectivity index (χ3n) is 4.25. The Morgan fingerprint density at radius 2 is 2.13 bits per heavy atom. The van der Waals surface area contributed by atoms with Crippen molar-refractivity contribution in [1.82, 2.24) is 19.6 Å². The van der Waals surface area contributed by atoms with Gasteiger partial charge in [-0.05, 0) is 45.8 Å². The first kappa shape index (κ1) is 16.1. The second kappa shape index (κ2) is 7.23. The zero-order chi connectivity index (χ0) is 16.2. The predicted molar refractivity (Wildman–Crippen MR) is 91.3 cm³/mol. The molecule has 0 unspecified atom stereocenters. The Morgan fingerprint density at radius 1 is 1.35 bits per heavy atom. The molecule has 1 aliphatic heterocycles. The number of thiazole rings is 1. The molecule has 0 radical (unpaired) electrons. The van der Waals surface area contributed by atoms with Crippen LogP contribution >= 0.6 is 11.3 Å². The van der Waals surface area contributed by atoms with Crippen LogP contribution in [0.2, 0.25) is 0 Å². The lowest BCUT2D eigenvalue weighted by Crippen LogP contribution is -2.35. The molecule has 0 atom stereocenters. The molecule has 1 aliphatic rings. The highest BCUT2D eigenvalue weighted by Crippen LogP contribution is 2.11. The Bertz CT molecular complexity index is 746.